The number of hydrogen-bond donors (Lipinski definition) is 2. The summed E-state index contributed by atoms with van der Waals surface area (Å²) in [6.45, 7) is 3.62. The lowest BCUT2D eigenvalue weighted by Crippen LogP contribution is -2.38. The SMILES string of the molecule is CCNC(=NCCCc1ccc(Br)cc1F)NC1CC1. The fourth-order valence-electron chi connectivity index (χ4n) is 1.93. The van der Waals surface area contributed by atoms with Crippen LogP contribution in [0.1, 0.15) is 31.7 Å². The van der Waals surface area contributed by atoms with Crippen molar-refractivity contribution in [3.05, 3.63) is 34.1 Å². The van der Waals surface area contributed by atoms with Crippen LogP contribution < -0.4 is 10.6 Å². The second-order valence-electron chi connectivity index (χ2n) is 5.02. The standard InChI is InChI=1S/C15H21BrFN3/c1-2-18-15(20-13-7-8-13)19-9-3-4-11-5-6-12(16)10-14(11)17/h5-6,10,13H,2-4,7-9H2,1H3,(H2,18,19,20). The van der Waals surface area contributed by atoms with Gasteiger partial charge in [0.25, 0.3) is 0 Å². The van der Waals surface area contributed by atoms with Crippen LogP contribution >= 0.6 is 15.9 Å². The molecule has 1 aromatic rings. The van der Waals surface area contributed by atoms with Crippen LogP contribution in [0.2, 0.25) is 0 Å². The molecule has 0 spiro atoms. The lowest BCUT2D eigenvalue weighted by molar-refractivity contribution is 0.604. The Kier molecular flexibility index (Phi) is 5.83. The van der Waals surface area contributed by atoms with E-state index in [0.717, 1.165) is 29.0 Å². The van der Waals surface area contributed by atoms with Crippen LogP contribution in [0.25, 0.3) is 0 Å². The van der Waals surface area contributed by atoms with Gasteiger partial charge in [0.2, 0.25) is 0 Å². The van der Waals surface area contributed by atoms with Crippen molar-refractivity contribution in [2.24, 2.45) is 4.99 Å². The number of aliphatic imine (C=N–C) groups is 1. The molecule has 5 heteroatoms. The highest BCUT2D eigenvalue weighted by Crippen LogP contribution is 2.18. The molecule has 2 N–H and O–H groups in total. The van der Waals surface area contributed by atoms with Gasteiger partial charge >= 0.3 is 0 Å². The van der Waals surface area contributed by atoms with Gasteiger partial charge in [-0.15, -0.1) is 0 Å². The maximum atomic E-state index is 13.6. The Hall–Kier alpha value is -1.10. The molecule has 0 unspecified atom stereocenters. The zero-order valence-electron chi connectivity index (χ0n) is 11.8. The average molecular weight is 342 g/mol. The first-order valence-electron chi connectivity index (χ1n) is 7.18. The van der Waals surface area contributed by atoms with Crippen LogP contribution in [-0.4, -0.2) is 25.1 Å². The molecule has 1 aliphatic rings. The van der Waals surface area contributed by atoms with Crippen LogP contribution in [0, 0.1) is 5.82 Å². The van der Waals surface area contributed by atoms with Crippen molar-refractivity contribution >= 4 is 21.9 Å². The van der Waals surface area contributed by atoms with Crippen molar-refractivity contribution in [2.75, 3.05) is 13.1 Å². The van der Waals surface area contributed by atoms with E-state index in [2.05, 4.69) is 38.5 Å². The summed E-state index contributed by atoms with van der Waals surface area (Å²) in [6, 6.07) is 5.81. The highest BCUT2D eigenvalue weighted by Gasteiger charge is 2.21. The highest BCUT2D eigenvalue weighted by atomic mass is 79.9. The van der Waals surface area contributed by atoms with E-state index in [4.69, 9.17) is 0 Å². The normalized spacial score (nSPS) is 15.2. The van der Waals surface area contributed by atoms with Gasteiger partial charge in [0, 0.05) is 23.6 Å². The first-order valence-corrected chi connectivity index (χ1v) is 7.97. The Morgan fingerprint density at radius 3 is 2.90 bits per heavy atom. The molecule has 1 aliphatic carbocycles. The molecule has 0 aliphatic heterocycles. The lowest BCUT2D eigenvalue weighted by atomic mass is 10.1. The largest absolute Gasteiger partial charge is 0.357 e. The van der Waals surface area contributed by atoms with Crippen LogP contribution in [0.3, 0.4) is 0 Å². The first-order chi connectivity index (χ1) is 9.69. The van der Waals surface area contributed by atoms with E-state index in [0.29, 0.717) is 19.0 Å². The maximum absolute atomic E-state index is 13.6. The second-order valence-corrected chi connectivity index (χ2v) is 5.93. The van der Waals surface area contributed by atoms with Gasteiger partial charge in [-0.3, -0.25) is 4.99 Å². The molecule has 0 aromatic heterocycles. The molecule has 1 saturated carbocycles. The van der Waals surface area contributed by atoms with Gasteiger partial charge in [0.1, 0.15) is 5.82 Å². The summed E-state index contributed by atoms with van der Waals surface area (Å²) in [5, 5.41) is 6.60. The molecule has 2 rings (SSSR count). The van der Waals surface area contributed by atoms with Crippen LogP contribution in [0.15, 0.2) is 27.7 Å². The van der Waals surface area contributed by atoms with Gasteiger partial charge in [-0.25, -0.2) is 4.39 Å². The van der Waals surface area contributed by atoms with Crippen molar-refractivity contribution in [3.63, 3.8) is 0 Å². The number of nitrogens with one attached hydrogen (secondary N) is 2. The topological polar surface area (TPSA) is 36.4 Å². The van der Waals surface area contributed by atoms with E-state index in [1.165, 1.54) is 18.9 Å². The molecular weight excluding hydrogens is 321 g/mol. The molecule has 20 heavy (non-hydrogen) atoms. The summed E-state index contributed by atoms with van der Waals surface area (Å²) in [5.74, 6) is 0.734. The summed E-state index contributed by atoms with van der Waals surface area (Å²) in [7, 11) is 0. The fraction of sp³-hybridized carbons (Fsp3) is 0.533. The Labute approximate surface area is 128 Å². The molecule has 0 radical (unpaired) electrons. The average Bonchev–Trinajstić information content (AvgIpc) is 3.20. The van der Waals surface area contributed by atoms with Crippen molar-refractivity contribution in [1.82, 2.24) is 10.6 Å². The van der Waals surface area contributed by atoms with E-state index >= 15 is 0 Å². The van der Waals surface area contributed by atoms with Crippen LogP contribution in [0.4, 0.5) is 4.39 Å². The number of rotatable bonds is 6. The van der Waals surface area contributed by atoms with Crippen molar-refractivity contribution in [3.8, 4) is 0 Å². The highest BCUT2D eigenvalue weighted by molar-refractivity contribution is 9.10. The minimum Gasteiger partial charge on any atom is -0.357 e. The molecule has 0 atom stereocenters. The molecule has 0 bridgehead atoms. The predicted molar refractivity (Wildman–Crippen MR) is 84.6 cm³/mol. The van der Waals surface area contributed by atoms with Gasteiger partial charge in [-0.05, 0) is 50.3 Å². The summed E-state index contributed by atoms with van der Waals surface area (Å²) in [6.07, 6.45) is 4.02. The molecule has 0 amide bonds. The summed E-state index contributed by atoms with van der Waals surface area (Å²) >= 11 is 3.26. The molecule has 110 valence electrons. The van der Waals surface area contributed by atoms with Crippen molar-refractivity contribution in [1.29, 1.82) is 0 Å². The second kappa shape index (κ2) is 7.62. The number of guanidine groups is 1. The Bertz CT molecular complexity index is 472. The van der Waals surface area contributed by atoms with Gasteiger partial charge in [-0.2, -0.15) is 0 Å². The first kappa shape index (κ1) is 15.3. The monoisotopic (exact) mass is 341 g/mol. The maximum Gasteiger partial charge on any atom is 0.191 e. The van der Waals surface area contributed by atoms with E-state index in [-0.39, 0.29) is 5.82 Å². The van der Waals surface area contributed by atoms with Gasteiger partial charge in [-0.1, -0.05) is 22.0 Å². The molecule has 1 aromatic carbocycles. The number of nitrogens with zero attached hydrogens (tertiary/aromatic N) is 1. The van der Waals surface area contributed by atoms with Gasteiger partial charge in [0.15, 0.2) is 5.96 Å². The zero-order chi connectivity index (χ0) is 14.4. The quantitative estimate of drug-likeness (QED) is 0.473. The summed E-state index contributed by atoms with van der Waals surface area (Å²) in [5.41, 5.74) is 0.753. The lowest BCUT2D eigenvalue weighted by Gasteiger charge is -2.10. The fourth-order valence-corrected chi connectivity index (χ4v) is 2.26. The molecule has 0 saturated heterocycles. The van der Waals surface area contributed by atoms with Crippen molar-refractivity contribution in [2.45, 2.75) is 38.6 Å². The van der Waals surface area contributed by atoms with E-state index in [1.54, 1.807) is 0 Å². The summed E-state index contributed by atoms with van der Waals surface area (Å²) < 4.78 is 14.4. The van der Waals surface area contributed by atoms with Crippen LogP contribution in [-0.2, 0) is 6.42 Å². The Balaban J connectivity index is 1.78. The predicted octanol–water partition coefficient (Wildman–Crippen LogP) is 3.24. The number of hydrogen-bond acceptors (Lipinski definition) is 1. The number of benzene rings is 1. The smallest absolute Gasteiger partial charge is 0.191 e. The third-order valence-electron chi connectivity index (χ3n) is 3.15. The van der Waals surface area contributed by atoms with E-state index < -0.39 is 0 Å². The molecule has 3 nitrogen and oxygen atoms in total. The Morgan fingerprint density at radius 1 is 1.45 bits per heavy atom. The van der Waals surface area contributed by atoms with Gasteiger partial charge in [0.05, 0.1) is 0 Å². The van der Waals surface area contributed by atoms with E-state index in [9.17, 15) is 4.39 Å². The third-order valence-corrected chi connectivity index (χ3v) is 3.64. The summed E-state index contributed by atoms with van der Waals surface area (Å²) in [4.78, 5) is 4.52. The minimum atomic E-state index is -0.147. The van der Waals surface area contributed by atoms with Crippen LogP contribution in [0.5, 0.6) is 0 Å². The zero-order valence-corrected chi connectivity index (χ0v) is 13.3. The molecule has 0 heterocycles. The molecule has 1 fully saturated rings. The van der Waals surface area contributed by atoms with Gasteiger partial charge < -0.3 is 10.6 Å². The number of aryl methyl sites for hydroxylation is 1. The Morgan fingerprint density at radius 2 is 2.25 bits per heavy atom. The number of halogens is 2. The third kappa shape index (κ3) is 5.12. The van der Waals surface area contributed by atoms with Crippen molar-refractivity contribution < 1.29 is 4.39 Å². The molecular formula is C15H21BrFN3. The van der Waals surface area contributed by atoms with E-state index in [1.807, 2.05) is 12.1 Å². The minimum absolute atomic E-state index is 0.147.